The first-order chi connectivity index (χ1) is 17.3. The zero-order valence-corrected chi connectivity index (χ0v) is 30.6. The largest absolute Gasteiger partial charge is 0.518 e. The van der Waals surface area contributed by atoms with Gasteiger partial charge >= 0.3 is 5.97 Å². The molecule has 0 rings (SSSR count). The Morgan fingerprint density at radius 3 is 1.45 bits per heavy atom. The first kappa shape index (κ1) is 37.5. The highest BCUT2D eigenvalue weighted by molar-refractivity contribution is 6.79. The Hall–Kier alpha value is -0.489. The molecule has 0 aromatic heterocycles. The van der Waals surface area contributed by atoms with Gasteiger partial charge in [0.05, 0.1) is 6.42 Å². The summed E-state index contributed by atoms with van der Waals surface area (Å²) in [5.74, 6) is -0.575. The molecule has 9 heteroatoms. The molecule has 0 radical (unpaired) electrons. The van der Waals surface area contributed by atoms with Crippen LogP contribution in [0.3, 0.4) is 0 Å². The standard InChI is InChI=1S/C29H63NO5Si3/c1-16-33-36(14,15)19-17-18-30-27(29(32)35-38(24(8)9,25(10)11)26(12)13)20-28(31)34-37(21(2)3,22(4)5)23(6)7/h21-27,30H,16-20H2,1-15H3. The molecule has 0 aliphatic carbocycles. The van der Waals surface area contributed by atoms with E-state index in [0.29, 0.717) is 23.2 Å². The van der Waals surface area contributed by atoms with Gasteiger partial charge in [0.25, 0.3) is 22.6 Å². The Kier molecular flexibility index (Phi) is 15.9. The fourth-order valence-corrected chi connectivity index (χ4v) is 19.2. The number of carbonyl (C=O) groups excluding carboxylic acids is 2. The Balaban J connectivity index is 5.99. The maximum Gasteiger partial charge on any atom is 0.310 e. The van der Waals surface area contributed by atoms with Gasteiger partial charge in [-0.1, -0.05) is 83.1 Å². The van der Waals surface area contributed by atoms with Gasteiger partial charge in [-0.05, 0) is 72.3 Å². The minimum Gasteiger partial charge on any atom is -0.518 e. The molecule has 6 nitrogen and oxygen atoms in total. The lowest BCUT2D eigenvalue weighted by Gasteiger charge is -2.42. The van der Waals surface area contributed by atoms with Gasteiger partial charge in [0.15, 0.2) is 8.32 Å². The topological polar surface area (TPSA) is 73.9 Å². The van der Waals surface area contributed by atoms with E-state index in [0.717, 1.165) is 19.1 Å². The summed E-state index contributed by atoms with van der Waals surface area (Å²) >= 11 is 0. The Bertz CT molecular complexity index is 679. The van der Waals surface area contributed by atoms with Crippen LogP contribution in [-0.4, -0.2) is 56.1 Å². The number of nitrogens with one attached hydrogen (secondary N) is 1. The third-order valence-corrected chi connectivity index (χ3v) is 23.1. The predicted molar refractivity (Wildman–Crippen MR) is 169 cm³/mol. The van der Waals surface area contributed by atoms with Crippen LogP contribution in [0, 0.1) is 0 Å². The molecule has 0 aromatic rings. The summed E-state index contributed by atoms with van der Waals surface area (Å²) in [6, 6.07) is 0.285. The molecule has 0 aromatic carbocycles. The van der Waals surface area contributed by atoms with Gasteiger partial charge in [0, 0.05) is 6.61 Å². The first-order valence-electron chi connectivity index (χ1n) is 15.1. The molecule has 0 saturated heterocycles. The van der Waals surface area contributed by atoms with Crippen molar-refractivity contribution in [2.24, 2.45) is 0 Å². The zero-order chi connectivity index (χ0) is 30.1. The van der Waals surface area contributed by atoms with Crippen molar-refractivity contribution in [3.8, 4) is 0 Å². The van der Waals surface area contributed by atoms with Crippen molar-refractivity contribution in [2.75, 3.05) is 13.2 Å². The summed E-state index contributed by atoms with van der Waals surface area (Å²) in [6.07, 6.45) is 0.895. The zero-order valence-electron chi connectivity index (χ0n) is 27.6. The Labute approximate surface area is 239 Å². The van der Waals surface area contributed by atoms with Crippen LogP contribution in [0.1, 0.15) is 103 Å². The molecule has 0 heterocycles. The number of hydrogen-bond donors (Lipinski definition) is 1. The molecule has 0 fully saturated rings. The summed E-state index contributed by atoms with van der Waals surface area (Å²) in [7, 11) is -6.56. The molecule has 0 amide bonds. The summed E-state index contributed by atoms with van der Waals surface area (Å²) < 4.78 is 18.9. The minimum absolute atomic E-state index is 0.00475. The summed E-state index contributed by atoms with van der Waals surface area (Å²) in [5.41, 5.74) is 1.70. The van der Waals surface area contributed by atoms with Crippen molar-refractivity contribution < 1.29 is 22.9 Å². The number of rotatable bonds is 18. The van der Waals surface area contributed by atoms with Crippen LogP contribution >= 0.6 is 0 Å². The number of carbonyl (C=O) groups is 2. The van der Waals surface area contributed by atoms with Crippen LogP contribution in [0.15, 0.2) is 0 Å². The van der Waals surface area contributed by atoms with Gasteiger partial charge in [0.2, 0.25) is 0 Å². The second kappa shape index (κ2) is 16.1. The Morgan fingerprint density at radius 2 is 1.08 bits per heavy atom. The van der Waals surface area contributed by atoms with Crippen molar-refractivity contribution >= 4 is 36.9 Å². The SMILES string of the molecule is CCO[Si](C)(C)CCCNC(CC(=O)O[Si](C(C)C)(C(C)C)C(C)C)C(=O)O[Si](C(C)C)(C(C)C)C(C)C. The van der Waals surface area contributed by atoms with Gasteiger partial charge in [-0.15, -0.1) is 0 Å². The van der Waals surface area contributed by atoms with Gasteiger partial charge < -0.3 is 18.6 Å². The summed E-state index contributed by atoms with van der Waals surface area (Å²) in [4.78, 5) is 27.3. The van der Waals surface area contributed by atoms with E-state index in [1.54, 1.807) is 0 Å². The van der Waals surface area contributed by atoms with Gasteiger partial charge in [-0.25, -0.2) is 0 Å². The Morgan fingerprint density at radius 1 is 0.684 bits per heavy atom. The van der Waals surface area contributed by atoms with Crippen LogP contribution in [0.4, 0.5) is 0 Å². The predicted octanol–water partition coefficient (Wildman–Crippen LogP) is 8.40. The molecule has 0 saturated carbocycles. The molecular weight excluding hydrogens is 527 g/mol. The summed E-state index contributed by atoms with van der Waals surface area (Å²) in [6.45, 7) is 33.9. The quantitative estimate of drug-likeness (QED) is 0.128. The highest BCUT2D eigenvalue weighted by Gasteiger charge is 2.50. The normalized spacial score (nSPS) is 14.3. The number of hydrogen-bond acceptors (Lipinski definition) is 6. The monoisotopic (exact) mass is 589 g/mol. The molecule has 1 atom stereocenters. The molecule has 0 aliphatic rings. The average molecular weight is 590 g/mol. The van der Waals surface area contributed by atoms with E-state index in [4.69, 9.17) is 13.3 Å². The van der Waals surface area contributed by atoms with E-state index in [9.17, 15) is 9.59 Å². The molecule has 1 N–H and O–H groups in total. The van der Waals surface area contributed by atoms with Crippen molar-refractivity contribution in [3.05, 3.63) is 0 Å². The lowest BCUT2D eigenvalue weighted by Crippen LogP contribution is -2.54. The molecule has 0 aliphatic heterocycles. The minimum atomic E-state index is -2.44. The molecule has 38 heavy (non-hydrogen) atoms. The molecule has 1 unspecified atom stereocenters. The maximum absolute atomic E-state index is 13.8. The van der Waals surface area contributed by atoms with Crippen LogP contribution in [0.25, 0.3) is 0 Å². The fourth-order valence-electron chi connectivity index (χ4n) is 6.85. The van der Waals surface area contributed by atoms with E-state index < -0.39 is 31.0 Å². The summed E-state index contributed by atoms with van der Waals surface area (Å²) in [5, 5.41) is 3.41. The molecule has 0 spiro atoms. The van der Waals surface area contributed by atoms with Crippen LogP contribution < -0.4 is 5.32 Å². The van der Waals surface area contributed by atoms with Crippen LogP contribution in [0.5, 0.6) is 0 Å². The first-order valence-corrected chi connectivity index (χ1v) is 22.5. The highest BCUT2D eigenvalue weighted by Crippen LogP contribution is 2.44. The van der Waals surface area contributed by atoms with Gasteiger partial charge in [-0.2, -0.15) is 0 Å². The van der Waals surface area contributed by atoms with Crippen molar-refractivity contribution in [1.82, 2.24) is 5.32 Å². The van der Waals surface area contributed by atoms with Gasteiger partial charge in [-0.3, -0.25) is 9.59 Å². The van der Waals surface area contributed by atoms with Crippen LogP contribution in [-0.2, 0) is 22.9 Å². The van der Waals surface area contributed by atoms with E-state index >= 15 is 0 Å². The van der Waals surface area contributed by atoms with E-state index in [2.05, 4.69) is 101 Å². The van der Waals surface area contributed by atoms with Gasteiger partial charge in [0.1, 0.15) is 6.04 Å². The van der Waals surface area contributed by atoms with E-state index in [1.165, 1.54) is 0 Å². The smallest absolute Gasteiger partial charge is 0.310 e. The van der Waals surface area contributed by atoms with Crippen molar-refractivity contribution in [1.29, 1.82) is 0 Å². The molecule has 0 bridgehead atoms. The van der Waals surface area contributed by atoms with Crippen LogP contribution in [0.2, 0.25) is 52.4 Å². The average Bonchev–Trinajstić information content (AvgIpc) is 2.75. The lowest BCUT2D eigenvalue weighted by molar-refractivity contribution is -0.144. The highest BCUT2D eigenvalue weighted by atomic mass is 28.4. The van der Waals surface area contributed by atoms with Crippen molar-refractivity contribution in [2.45, 2.75) is 161 Å². The van der Waals surface area contributed by atoms with Crippen molar-refractivity contribution in [3.63, 3.8) is 0 Å². The fraction of sp³-hybridized carbons (Fsp3) is 0.931. The third-order valence-electron chi connectivity index (χ3n) is 8.52. The van der Waals surface area contributed by atoms with E-state index in [-0.39, 0.29) is 35.0 Å². The third kappa shape index (κ3) is 9.85. The second-order valence-corrected chi connectivity index (χ2v) is 28.6. The lowest BCUT2D eigenvalue weighted by atomic mass is 10.2. The molecular formula is C29H63NO5Si3. The molecule has 226 valence electrons. The maximum atomic E-state index is 13.8. The van der Waals surface area contributed by atoms with E-state index in [1.807, 2.05) is 6.92 Å². The second-order valence-electron chi connectivity index (χ2n) is 13.5.